The molecular formula is C10H11Br. The first-order valence-corrected chi connectivity index (χ1v) is 4.83. The molecule has 0 bridgehead atoms. The van der Waals surface area contributed by atoms with Crippen LogP contribution >= 0.6 is 15.9 Å². The summed E-state index contributed by atoms with van der Waals surface area (Å²) in [5.74, 6) is 0.837. The molecule has 1 heteroatoms. The normalized spacial score (nSPS) is 21.8. The van der Waals surface area contributed by atoms with Crippen LogP contribution in [0.4, 0.5) is 0 Å². The van der Waals surface area contributed by atoms with Crippen LogP contribution in [0.5, 0.6) is 0 Å². The lowest BCUT2D eigenvalue weighted by molar-refractivity contribution is 0.627. The average molecular weight is 211 g/mol. The molecule has 1 unspecified atom stereocenters. The van der Waals surface area contributed by atoms with Gasteiger partial charge in [0.1, 0.15) is 0 Å². The zero-order valence-corrected chi connectivity index (χ0v) is 8.19. The lowest BCUT2D eigenvalue weighted by Gasteiger charge is -1.99. The number of hydrogen-bond acceptors (Lipinski definition) is 0. The largest absolute Gasteiger partial charge is 0.0619 e. The van der Waals surface area contributed by atoms with Crippen molar-refractivity contribution in [3.8, 4) is 0 Å². The van der Waals surface area contributed by atoms with Crippen molar-refractivity contribution in [1.82, 2.24) is 0 Å². The second kappa shape index (κ2) is 2.63. The molecule has 1 aliphatic carbocycles. The highest BCUT2D eigenvalue weighted by molar-refractivity contribution is 9.10. The summed E-state index contributed by atoms with van der Waals surface area (Å²) in [6.45, 7) is 2.31. The number of benzene rings is 1. The van der Waals surface area contributed by atoms with E-state index in [-0.39, 0.29) is 0 Å². The lowest BCUT2D eigenvalue weighted by Crippen LogP contribution is -1.89. The summed E-state index contributed by atoms with van der Waals surface area (Å²) < 4.78 is 1.29. The SMILES string of the molecule is CC1Cc2cccc(Br)c2C1. The summed E-state index contributed by atoms with van der Waals surface area (Å²) in [7, 11) is 0. The molecule has 1 aromatic rings. The topological polar surface area (TPSA) is 0 Å². The van der Waals surface area contributed by atoms with Gasteiger partial charge < -0.3 is 0 Å². The lowest BCUT2D eigenvalue weighted by atomic mass is 10.1. The molecule has 0 N–H and O–H groups in total. The average Bonchev–Trinajstić information content (AvgIpc) is 2.31. The standard InChI is InChI=1S/C10H11Br/c1-7-5-8-3-2-4-10(11)9(8)6-7/h2-4,7H,5-6H2,1H3. The van der Waals surface area contributed by atoms with Gasteiger partial charge in [-0.25, -0.2) is 0 Å². The first-order valence-electron chi connectivity index (χ1n) is 4.03. The maximum atomic E-state index is 3.57. The van der Waals surface area contributed by atoms with Gasteiger partial charge in [-0.1, -0.05) is 35.0 Å². The molecule has 0 amide bonds. The number of hydrogen-bond donors (Lipinski definition) is 0. The molecule has 0 spiro atoms. The van der Waals surface area contributed by atoms with Crippen LogP contribution in [0.15, 0.2) is 22.7 Å². The molecule has 0 saturated carbocycles. The van der Waals surface area contributed by atoms with Crippen LogP contribution in [-0.2, 0) is 12.8 Å². The fourth-order valence-electron chi connectivity index (χ4n) is 1.82. The van der Waals surface area contributed by atoms with Crippen LogP contribution in [0.3, 0.4) is 0 Å². The molecule has 11 heavy (non-hydrogen) atoms. The maximum Gasteiger partial charge on any atom is 0.0210 e. The molecule has 0 nitrogen and oxygen atoms in total. The van der Waals surface area contributed by atoms with E-state index < -0.39 is 0 Å². The minimum atomic E-state index is 0.837. The van der Waals surface area contributed by atoms with Crippen LogP contribution in [0.2, 0.25) is 0 Å². The molecule has 58 valence electrons. The minimum absolute atomic E-state index is 0.837. The maximum absolute atomic E-state index is 3.57. The Morgan fingerprint density at radius 3 is 2.91 bits per heavy atom. The van der Waals surface area contributed by atoms with Gasteiger partial charge in [0.15, 0.2) is 0 Å². The third-order valence-corrected chi connectivity index (χ3v) is 3.08. The van der Waals surface area contributed by atoms with E-state index in [2.05, 4.69) is 41.1 Å². The summed E-state index contributed by atoms with van der Waals surface area (Å²) in [5.41, 5.74) is 3.06. The van der Waals surface area contributed by atoms with E-state index in [1.165, 1.54) is 28.4 Å². The van der Waals surface area contributed by atoms with E-state index in [0.717, 1.165) is 5.92 Å². The van der Waals surface area contributed by atoms with Gasteiger partial charge in [0.25, 0.3) is 0 Å². The zero-order valence-electron chi connectivity index (χ0n) is 6.60. The highest BCUT2D eigenvalue weighted by Crippen LogP contribution is 2.31. The van der Waals surface area contributed by atoms with Crippen LogP contribution < -0.4 is 0 Å². The molecule has 0 heterocycles. The van der Waals surface area contributed by atoms with E-state index in [1.807, 2.05) is 0 Å². The van der Waals surface area contributed by atoms with Crippen molar-refractivity contribution in [3.63, 3.8) is 0 Å². The van der Waals surface area contributed by atoms with Crippen molar-refractivity contribution < 1.29 is 0 Å². The summed E-state index contributed by atoms with van der Waals surface area (Å²) in [6.07, 6.45) is 2.51. The molecule has 0 aliphatic heterocycles. The Bertz CT molecular complexity index is 278. The molecular weight excluding hydrogens is 200 g/mol. The molecule has 1 atom stereocenters. The van der Waals surface area contributed by atoms with Crippen LogP contribution in [-0.4, -0.2) is 0 Å². The number of fused-ring (bicyclic) bond motifs is 1. The molecule has 0 fully saturated rings. The summed E-state index contributed by atoms with van der Waals surface area (Å²) in [4.78, 5) is 0. The summed E-state index contributed by atoms with van der Waals surface area (Å²) in [5, 5.41) is 0. The Labute approximate surface area is 75.8 Å². The number of rotatable bonds is 0. The second-order valence-electron chi connectivity index (χ2n) is 3.39. The van der Waals surface area contributed by atoms with Gasteiger partial charge >= 0.3 is 0 Å². The number of halogens is 1. The Morgan fingerprint density at radius 2 is 2.18 bits per heavy atom. The zero-order chi connectivity index (χ0) is 7.84. The van der Waals surface area contributed by atoms with Gasteiger partial charge in [-0.2, -0.15) is 0 Å². The third-order valence-electron chi connectivity index (χ3n) is 2.34. The Hall–Kier alpha value is -0.300. The van der Waals surface area contributed by atoms with Gasteiger partial charge in [0.2, 0.25) is 0 Å². The van der Waals surface area contributed by atoms with Crippen LogP contribution in [0.25, 0.3) is 0 Å². The van der Waals surface area contributed by atoms with Crippen LogP contribution in [0.1, 0.15) is 18.1 Å². The predicted octanol–water partition coefficient (Wildman–Crippen LogP) is 3.18. The molecule has 0 radical (unpaired) electrons. The Kier molecular flexibility index (Phi) is 1.76. The first-order chi connectivity index (χ1) is 5.27. The van der Waals surface area contributed by atoms with Gasteiger partial charge in [-0.05, 0) is 36.0 Å². The fourth-order valence-corrected chi connectivity index (χ4v) is 2.39. The Balaban J connectivity index is 2.49. The Morgan fingerprint density at radius 1 is 1.36 bits per heavy atom. The molecule has 1 aromatic carbocycles. The van der Waals surface area contributed by atoms with Crippen molar-refractivity contribution in [2.45, 2.75) is 19.8 Å². The van der Waals surface area contributed by atoms with Crippen molar-refractivity contribution >= 4 is 15.9 Å². The van der Waals surface area contributed by atoms with Gasteiger partial charge in [-0.3, -0.25) is 0 Å². The van der Waals surface area contributed by atoms with Gasteiger partial charge in [-0.15, -0.1) is 0 Å². The fraction of sp³-hybridized carbons (Fsp3) is 0.400. The predicted molar refractivity (Wildman–Crippen MR) is 50.7 cm³/mol. The van der Waals surface area contributed by atoms with E-state index in [0.29, 0.717) is 0 Å². The molecule has 1 aliphatic rings. The molecule has 0 aromatic heterocycles. The quantitative estimate of drug-likeness (QED) is 0.618. The molecule has 0 saturated heterocycles. The van der Waals surface area contributed by atoms with Crippen molar-refractivity contribution in [1.29, 1.82) is 0 Å². The van der Waals surface area contributed by atoms with E-state index >= 15 is 0 Å². The first kappa shape index (κ1) is 7.35. The van der Waals surface area contributed by atoms with E-state index in [9.17, 15) is 0 Å². The smallest absolute Gasteiger partial charge is 0.0210 e. The monoisotopic (exact) mass is 210 g/mol. The van der Waals surface area contributed by atoms with Gasteiger partial charge in [0.05, 0.1) is 0 Å². The summed E-state index contributed by atoms with van der Waals surface area (Å²) >= 11 is 3.57. The van der Waals surface area contributed by atoms with E-state index in [1.54, 1.807) is 0 Å². The summed E-state index contributed by atoms with van der Waals surface area (Å²) in [6, 6.07) is 6.50. The van der Waals surface area contributed by atoms with Gasteiger partial charge in [0, 0.05) is 4.47 Å². The van der Waals surface area contributed by atoms with Crippen LogP contribution in [0, 0.1) is 5.92 Å². The molecule has 2 rings (SSSR count). The third kappa shape index (κ3) is 1.22. The highest BCUT2D eigenvalue weighted by atomic mass is 79.9. The van der Waals surface area contributed by atoms with E-state index in [4.69, 9.17) is 0 Å². The van der Waals surface area contributed by atoms with Crippen molar-refractivity contribution in [3.05, 3.63) is 33.8 Å². The second-order valence-corrected chi connectivity index (χ2v) is 4.25. The van der Waals surface area contributed by atoms with Crippen molar-refractivity contribution in [2.24, 2.45) is 5.92 Å². The highest BCUT2D eigenvalue weighted by Gasteiger charge is 2.18. The minimum Gasteiger partial charge on any atom is -0.0619 e. The van der Waals surface area contributed by atoms with Crippen molar-refractivity contribution in [2.75, 3.05) is 0 Å².